The second kappa shape index (κ2) is 17.5. The summed E-state index contributed by atoms with van der Waals surface area (Å²) < 4.78 is 30.2. The smallest absolute Gasteiger partial charge is 0.249 e. The Morgan fingerprint density at radius 3 is 2.33 bits per heavy atom. The Hall–Kier alpha value is -4.89. The monoisotopic (exact) mass is 799 g/mol. The zero-order chi connectivity index (χ0) is 40.2. The van der Waals surface area contributed by atoms with Gasteiger partial charge in [-0.3, -0.25) is 24.6 Å². The highest BCUT2D eigenvalue weighted by Crippen LogP contribution is 2.33. The number of carbonyl (C=O) groups excluding carboxylic acids is 3. The van der Waals surface area contributed by atoms with Crippen LogP contribution >= 0.6 is 0 Å². The van der Waals surface area contributed by atoms with Gasteiger partial charge in [0.15, 0.2) is 5.82 Å². The zero-order valence-electron chi connectivity index (χ0n) is 33.1. The third-order valence-corrected chi connectivity index (χ3v) is 12.8. The number of halogens is 2. The molecule has 3 amide bonds. The highest BCUT2D eigenvalue weighted by molar-refractivity contribution is 6.01. The molecule has 8 rings (SSSR count). The lowest BCUT2D eigenvalue weighted by atomic mass is 9.84. The SMILES string of the molecule is O=C1CCC(Nc2ccc(N3CCN(CC4(O)CCN(C(=O)[C@H]5CC[C@H](Nc6ncc(F)c(-c7cccc(N8CCCCC8)c7)n6)CC5)CC4)CC3)c(F)c2)C(=O)N1. The first-order valence-electron chi connectivity index (χ1n) is 21.1. The molecule has 1 unspecified atom stereocenters. The maximum atomic E-state index is 15.2. The number of rotatable bonds is 10. The van der Waals surface area contributed by atoms with E-state index in [4.69, 9.17) is 0 Å². The van der Waals surface area contributed by atoms with Gasteiger partial charge in [-0.05, 0) is 94.5 Å². The van der Waals surface area contributed by atoms with Crippen molar-refractivity contribution in [1.82, 2.24) is 25.1 Å². The van der Waals surface area contributed by atoms with Gasteiger partial charge in [-0.25, -0.2) is 18.7 Å². The third-order valence-electron chi connectivity index (χ3n) is 12.8. The van der Waals surface area contributed by atoms with Crippen LogP contribution < -0.4 is 25.8 Å². The Kier molecular flexibility index (Phi) is 12.1. The molecule has 2 aromatic carbocycles. The summed E-state index contributed by atoms with van der Waals surface area (Å²) in [6.45, 7) is 6.12. The predicted octanol–water partition coefficient (Wildman–Crippen LogP) is 4.78. The largest absolute Gasteiger partial charge is 0.388 e. The number of likely N-dealkylation sites (tertiary alicyclic amines) is 1. The second-order valence-electron chi connectivity index (χ2n) is 16.8. The van der Waals surface area contributed by atoms with Crippen LogP contribution in [0, 0.1) is 17.6 Å². The average molecular weight is 800 g/mol. The van der Waals surface area contributed by atoms with Crippen molar-refractivity contribution in [3.8, 4) is 11.3 Å². The van der Waals surface area contributed by atoms with Crippen molar-refractivity contribution in [2.45, 2.75) is 88.3 Å². The van der Waals surface area contributed by atoms with E-state index < -0.39 is 23.4 Å². The summed E-state index contributed by atoms with van der Waals surface area (Å²) in [4.78, 5) is 54.5. The van der Waals surface area contributed by atoms with E-state index in [-0.39, 0.29) is 41.7 Å². The van der Waals surface area contributed by atoms with E-state index in [1.807, 2.05) is 28.0 Å². The van der Waals surface area contributed by atoms with Crippen LogP contribution in [0.25, 0.3) is 11.3 Å². The molecule has 4 aliphatic heterocycles. The van der Waals surface area contributed by atoms with Crippen LogP contribution in [0.2, 0.25) is 0 Å². The van der Waals surface area contributed by atoms with Gasteiger partial charge in [0.1, 0.15) is 17.6 Å². The first-order chi connectivity index (χ1) is 28.1. The summed E-state index contributed by atoms with van der Waals surface area (Å²) in [5, 5.41) is 20.3. The number of aliphatic hydroxyl groups is 1. The number of anilines is 4. The number of nitrogens with one attached hydrogen (secondary N) is 3. The molecule has 1 saturated carbocycles. The molecular formula is C43H55F2N9O4. The Morgan fingerprint density at radius 2 is 1.60 bits per heavy atom. The lowest BCUT2D eigenvalue weighted by Gasteiger charge is -2.44. The van der Waals surface area contributed by atoms with Crippen LogP contribution in [0.1, 0.15) is 70.6 Å². The summed E-state index contributed by atoms with van der Waals surface area (Å²) >= 11 is 0. The van der Waals surface area contributed by atoms with Crippen LogP contribution in [-0.4, -0.2) is 119 Å². The molecule has 4 N–H and O–H groups in total. The van der Waals surface area contributed by atoms with Crippen LogP contribution in [0.5, 0.6) is 0 Å². The van der Waals surface area contributed by atoms with E-state index in [1.165, 1.54) is 18.7 Å². The van der Waals surface area contributed by atoms with Crippen molar-refractivity contribution in [2.75, 3.05) is 79.3 Å². The van der Waals surface area contributed by atoms with Crippen molar-refractivity contribution in [2.24, 2.45) is 5.92 Å². The lowest BCUT2D eigenvalue weighted by molar-refractivity contribution is -0.141. The van der Waals surface area contributed by atoms with Crippen molar-refractivity contribution in [3.63, 3.8) is 0 Å². The number of nitrogens with zero attached hydrogens (tertiary/aromatic N) is 6. The number of aromatic nitrogens is 2. The van der Waals surface area contributed by atoms with E-state index >= 15 is 4.39 Å². The van der Waals surface area contributed by atoms with Crippen molar-refractivity contribution in [3.05, 3.63) is 60.3 Å². The Morgan fingerprint density at radius 1 is 0.845 bits per heavy atom. The van der Waals surface area contributed by atoms with Gasteiger partial charge in [0.05, 0.1) is 17.5 Å². The van der Waals surface area contributed by atoms with Gasteiger partial charge >= 0.3 is 0 Å². The average Bonchev–Trinajstić information content (AvgIpc) is 3.24. The third kappa shape index (κ3) is 9.36. The number of piperazine rings is 1. The number of imide groups is 1. The summed E-state index contributed by atoms with van der Waals surface area (Å²) in [7, 11) is 0. The molecule has 5 heterocycles. The molecule has 5 fully saturated rings. The number of piperidine rings is 3. The molecular weight excluding hydrogens is 745 g/mol. The Balaban J connectivity index is 0.766. The van der Waals surface area contributed by atoms with Gasteiger partial charge in [-0.1, -0.05) is 12.1 Å². The van der Waals surface area contributed by atoms with Gasteiger partial charge in [0, 0.05) is 94.2 Å². The Labute approximate surface area is 338 Å². The van der Waals surface area contributed by atoms with E-state index in [9.17, 15) is 23.9 Å². The quantitative estimate of drug-likeness (QED) is 0.211. The molecule has 1 aliphatic carbocycles. The van der Waals surface area contributed by atoms with E-state index in [1.54, 1.807) is 12.1 Å². The summed E-state index contributed by atoms with van der Waals surface area (Å²) in [6, 6.07) is 12.3. The molecule has 3 aromatic rings. The lowest BCUT2D eigenvalue weighted by Crippen LogP contribution is -2.56. The number of carbonyl (C=O) groups is 3. The van der Waals surface area contributed by atoms with Crippen molar-refractivity contribution in [1.29, 1.82) is 0 Å². The molecule has 15 heteroatoms. The topological polar surface area (TPSA) is 146 Å². The number of hydrogen-bond donors (Lipinski definition) is 4. The first-order valence-corrected chi connectivity index (χ1v) is 21.1. The molecule has 4 saturated heterocycles. The number of hydrogen-bond acceptors (Lipinski definition) is 11. The van der Waals surface area contributed by atoms with Crippen molar-refractivity contribution >= 4 is 40.7 Å². The summed E-state index contributed by atoms with van der Waals surface area (Å²) in [6.07, 6.45) is 9.50. The fraction of sp³-hybridized carbons (Fsp3) is 0.558. The first kappa shape index (κ1) is 39.9. The van der Waals surface area contributed by atoms with Gasteiger partial charge in [-0.2, -0.15) is 0 Å². The summed E-state index contributed by atoms with van der Waals surface area (Å²) in [5.74, 6) is -1.05. The van der Waals surface area contributed by atoms with Gasteiger partial charge < -0.3 is 30.4 Å². The molecule has 1 atom stereocenters. The molecule has 5 aliphatic rings. The number of β-amino-alcohol motifs (C(OH)–C–C–N with tert-alkyl or cyclic N) is 1. The molecule has 58 heavy (non-hydrogen) atoms. The normalized spacial score (nSPS) is 24.3. The Bertz CT molecular complexity index is 1960. The van der Waals surface area contributed by atoms with E-state index in [0.29, 0.717) is 82.4 Å². The van der Waals surface area contributed by atoms with Crippen LogP contribution in [0.3, 0.4) is 0 Å². The fourth-order valence-corrected chi connectivity index (χ4v) is 9.32. The minimum absolute atomic E-state index is 0.0674. The van der Waals surface area contributed by atoms with Crippen molar-refractivity contribution < 1.29 is 28.3 Å². The molecule has 0 radical (unpaired) electrons. The number of benzene rings is 2. The standard InChI is InChI=1S/C43H55F2N9O4/c44-34-26-32(47-36-12-14-38(55)49-40(36)56)11-13-37(34)53-23-21-51(22-24-53)28-43(58)15-19-54(20-16-43)41(57)29-7-9-31(10-8-29)48-42-46-27-35(45)39(50-42)30-5-4-6-33(25-30)52-17-2-1-3-18-52/h4-6,11,13,25-27,29,31,36,47,58H,1-3,7-10,12,14-24,28H2,(H,46,48,50)(H,49,55,56)/t29-,31-,36?. The van der Waals surface area contributed by atoms with Crippen LogP contribution in [-0.2, 0) is 14.4 Å². The van der Waals surface area contributed by atoms with E-state index in [2.05, 4.69) is 41.8 Å². The van der Waals surface area contributed by atoms with E-state index in [0.717, 1.165) is 62.9 Å². The highest BCUT2D eigenvalue weighted by atomic mass is 19.1. The molecule has 0 spiro atoms. The van der Waals surface area contributed by atoms with Crippen LogP contribution in [0.15, 0.2) is 48.7 Å². The molecule has 0 bridgehead atoms. The van der Waals surface area contributed by atoms with Gasteiger partial charge in [-0.15, -0.1) is 0 Å². The number of amides is 3. The maximum Gasteiger partial charge on any atom is 0.249 e. The fourth-order valence-electron chi connectivity index (χ4n) is 9.32. The maximum absolute atomic E-state index is 15.2. The minimum atomic E-state index is -0.891. The predicted molar refractivity (Wildman–Crippen MR) is 218 cm³/mol. The van der Waals surface area contributed by atoms with Gasteiger partial charge in [0.2, 0.25) is 23.7 Å². The zero-order valence-corrected chi connectivity index (χ0v) is 33.1. The minimum Gasteiger partial charge on any atom is -0.388 e. The second-order valence-corrected chi connectivity index (χ2v) is 16.8. The highest BCUT2D eigenvalue weighted by Gasteiger charge is 2.39. The van der Waals surface area contributed by atoms with Gasteiger partial charge in [0.25, 0.3) is 0 Å². The molecule has 1 aromatic heterocycles. The van der Waals surface area contributed by atoms with Crippen LogP contribution in [0.4, 0.5) is 31.8 Å². The summed E-state index contributed by atoms with van der Waals surface area (Å²) in [5.41, 5.74) is 2.19. The molecule has 13 nitrogen and oxygen atoms in total. The molecule has 310 valence electrons.